The lowest BCUT2D eigenvalue weighted by molar-refractivity contribution is 0.299. The molecule has 2 atom stereocenters. The van der Waals surface area contributed by atoms with Crippen LogP contribution in [0.5, 0.6) is 5.75 Å². The molecule has 26 heavy (non-hydrogen) atoms. The van der Waals surface area contributed by atoms with Gasteiger partial charge in [-0.25, -0.2) is 0 Å². The predicted octanol–water partition coefficient (Wildman–Crippen LogP) is 4.84. The fourth-order valence-electron chi connectivity index (χ4n) is 3.95. The SMILES string of the molecule is COc1ccccc1CN[C@@H](C)[C@H](NC1CCCCC1)c1ccccc1. The van der Waals surface area contributed by atoms with Gasteiger partial charge in [-0.3, -0.25) is 0 Å². The molecule has 1 aliphatic rings. The number of benzene rings is 2. The molecule has 1 fully saturated rings. The zero-order chi connectivity index (χ0) is 18.2. The second-order valence-electron chi connectivity index (χ2n) is 7.37. The average molecular weight is 353 g/mol. The molecule has 0 saturated heterocycles. The Morgan fingerprint density at radius 1 is 0.962 bits per heavy atom. The van der Waals surface area contributed by atoms with Crippen LogP contribution in [0.2, 0.25) is 0 Å². The molecule has 0 radical (unpaired) electrons. The fraction of sp³-hybridized carbons (Fsp3) is 0.478. The van der Waals surface area contributed by atoms with Gasteiger partial charge < -0.3 is 15.4 Å². The minimum atomic E-state index is 0.314. The second-order valence-corrected chi connectivity index (χ2v) is 7.37. The third kappa shape index (κ3) is 5.09. The van der Waals surface area contributed by atoms with Gasteiger partial charge in [0.2, 0.25) is 0 Å². The van der Waals surface area contributed by atoms with Crippen molar-refractivity contribution in [1.82, 2.24) is 10.6 Å². The summed E-state index contributed by atoms with van der Waals surface area (Å²) in [6, 6.07) is 20.3. The molecule has 1 aliphatic carbocycles. The first-order chi connectivity index (χ1) is 12.8. The van der Waals surface area contributed by atoms with Crippen LogP contribution in [0.1, 0.15) is 56.2 Å². The molecule has 0 aliphatic heterocycles. The number of rotatable bonds is 8. The monoisotopic (exact) mass is 352 g/mol. The van der Waals surface area contributed by atoms with Gasteiger partial charge in [-0.2, -0.15) is 0 Å². The van der Waals surface area contributed by atoms with E-state index in [2.05, 4.69) is 60.0 Å². The van der Waals surface area contributed by atoms with Crippen LogP contribution in [-0.2, 0) is 6.54 Å². The maximum atomic E-state index is 5.49. The molecule has 140 valence electrons. The molecule has 0 amide bonds. The van der Waals surface area contributed by atoms with Gasteiger partial charge in [0.15, 0.2) is 0 Å². The maximum Gasteiger partial charge on any atom is 0.123 e. The van der Waals surface area contributed by atoms with Gasteiger partial charge in [0, 0.05) is 30.2 Å². The third-order valence-corrected chi connectivity index (χ3v) is 5.49. The minimum Gasteiger partial charge on any atom is -0.496 e. The number of para-hydroxylation sites is 1. The molecule has 0 aromatic heterocycles. The molecule has 0 heterocycles. The molecule has 1 saturated carbocycles. The molecular formula is C23H32N2O. The number of hydrogen-bond acceptors (Lipinski definition) is 3. The van der Waals surface area contributed by atoms with Gasteiger partial charge in [-0.05, 0) is 31.4 Å². The van der Waals surface area contributed by atoms with E-state index < -0.39 is 0 Å². The molecule has 0 bridgehead atoms. The molecule has 3 heteroatoms. The summed E-state index contributed by atoms with van der Waals surface area (Å²) in [6.07, 6.45) is 6.67. The summed E-state index contributed by atoms with van der Waals surface area (Å²) in [5, 5.41) is 7.66. The molecular weight excluding hydrogens is 320 g/mol. The molecule has 3 nitrogen and oxygen atoms in total. The highest BCUT2D eigenvalue weighted by molar-refractivity contribution is 5.33. The number of ether oxygens (including phenoxy) is 1. The summed E-state index contributed by atoms with van der Waals surface area (Å²) >= 11 is 0. The van der Waals surface area contributed by atoms with Crippen LogP contribution in [0, 0.1) is 0 Å². The first-order valence-corrected chi connectivity index (χ1v) is 9.94. The lowest BCUT2D eigenvalue weighted by Crippen LogP contribution is -2.44. The van der Waals surface area contributed by atoms with Crippen LogP contribution in [0.4, 0.5) is 0 Å². The highest BCUT2D eigenvalue weighted by Crippen LogP contribution is 2.24. The van der Waals surface area contributed by atoms with E-state index in [-0.39, 0.29) is 0 Å². The van der Waals surface area contributed by atoms with Crippen molar-refractivity contribution < 1.29 is 4.74 Å². The normalized spacial score (nSPS) is 17.6. The summed E-state index contributed by atoms with van der Waals surface area (Å²) in [5.74, 6) is 0.948. The van der Waals surface area contributed by atoms with Crippen LogP contribution in [0.15, 0.2) is 54.6 Å². The Morgan fingerprint density at radius 2 is 1.65 bits per heavy atom. The summed E-state index contributed by atoms with van der Waals surface area (Å²) in [4.78, 5) is 0. The summed E-state index contributed by atoms with van der Waals surface area (Å²) in [5.41, 5.74) is 2.56. The zero-order valence-electron chi connectivity index (χ0n) is 16.1. The molecule has 0 spiro atoms. The molecule has 2 aromatic rings. The van der Waals surface area contributed by atoms with Crippen LogP contribution in [0.25, 0.3) is 0 Å². The minimum absolute atomic E-state index is 0.314. The molecule has 2 N–H and O–H groups in total. The van der Waals surface area contributed by atoms with Gasteiger partial charge in [0.05, 0.1) is 7.11 Å². The smallest absolute Gasteiger partial charge is 0.123 e. The Balaban J connectivity index is 1.68. The second kappa shape index (κ2) is 9.75. The fourth-order valence-corrected chi connectivity index (χ4v) is 3.95. The lowest BCUT2D eigenvalue weighted by atomic mass is 9.92. The molecule has 2 aromatic carbocycles. The van der Waals surface area contributed by atoms with E-state index in [0.717, 1.165) is 12.3 Å². The van der Waals surface area contributed by atoms with Gasteiger partial charge in [0.25, 0.3) is 0 Å². The standard InChI is InChI=1S/C23H32N2O/c1-18(24-17-20-13-9-10-16-22(20)26-2)23(19-11-5-3-6-12-19)25-21-14-7-4-8-15-21/h3,5-6,9-13,16,18,21,23-25H,4,7-8,14-15,17H2,1-2H3/t18-,23-/m0/s1. The van der Waals surface area contributed by atoms with Crippen molar-refractivity contribution in [2.45, 2.75) is 63.7 Å². The Kier molecular flexibility index (Phi) is 7.10. The Labute approximate surface area is 158 Å². The summed E-state index contributed by atoms with van der Waals surface area (Å²) in [6.45, 7) is 3.09. The average Bonchev–Trinajstić information content (AvgIpc) is 2.72. The van der Waals surface area contributed by atoms with Crippen LogP contribution in [-0.4, -0.2) is 19.2 Å². The third-order valence-electron chi connectivity index (χ3n) is 5.49. The van der Waals surface area contributed by atoms with Crippen molar-refractivity contribution in [2.75, 3.05) is 7.11 Å². The van der Waals surface area contributed by atoms with E-state index in [1.807, 2.05) is 12.1 Å². The van der Waals surface area contributed by atoms with Crippen LogP contribution < -0.4 is 15.4 Å². The van der Waals surface area contributed by atoms with E-state index in [9.17, 15) is 0 Å². The highest BCUT2D eigenvalue weighted by atomic mass is 16.5. The van der Waals surface area contributed by atoms with Crippen LogP contribution >= 0.6 is 0 Å². The Bertz CT molecular complexity index is 652. The zero-order valence-corrected chi connectivity index (χ0v) is 16.1. The summed E-state index contributed by atoms with van der Waals surface area (Å²) in [7, 11) is 1.74. The topological polar surface area (TPSA) is 33.3 Å². The van der Waals surface area contributed by atoms with Gasteiger partial charge in [-0.15, -0.1) is 0 Å². The maximum absolute atomic E-state index is 5.49. The van der Waals surface area contributed by atoms with Crippen molar-refractivity contribution in [3.8, 4) is 5.75 Å². The Morgan fingerprint density at radius 3 is 2.38 bits per heavy atom. The van der Waals surface area contributed by atoms with Crippen molar-refractivity contribution in [2.24, 2.45) is 0 Å². The van der Waals surface area contributed by atoms with E-state index in [4.69, 9.17) is 4.74 Å². The lowest BCUT2D eigenvalue weighted by Gasteiger charge is -2.33. The van der Waals surface area contributed by atoms with Gasteiger partial charge in [-0.1, -0.05) is 67.8 Å². The first-order valence-electron chi connectivity index (χ1n) is 9.94. The molecule has 0 unspecified atom stereocenters. The first kappa shape index (κ1) is 18.9. The highest BCUT2D eigenvalue weighted by Gasteiger charge is 2.23. The Hall–Kier alpha value is -1.84. The summed E-state index contributed by atoms with van der Waals surface area (Å²) < 4.78 is 5.49. The predicted molar refractivity (Wildman–Crippen MR) is 108 cm³/mol. The van der Waals surface area contributed by atoms with Crippen LogP contribution in [0.3, 0.4) is 0 Å². The van der Waals surface area contributed by atoms with Crippen molar-refractivity contribution in [1.29, 1.82) is 0 Å². The molecule has 3 rings (SSSR count). The van der Waals surface area contributed by atoms with Crippen molar-refractivity contribution in [3.05, 3.63) is 65.7 Å². The number of methoxy groups -OCH3 is 1. The van der Waals surface area contributed by atoms with Gasteiger partial charge in [0.1, 0.15) is 5.75 Å². The van der Waals surface area contributed by atoms with E-state index in [1.165, 1.54) is 43.2 Å². The van der Waals surface area contributed by atoms with E-state index in [1.54, 1.807) is 7.11 Å². The van der Waals surface area contributed by atoms with E-state index in [0.29, 0.717) is 18.1 Å². The quantitative estimate of drug-likeness (QED) is 0.713. The number of nitrogens with one attached hydrogen (secondary N) is 2. The van der Waals surface area contributed by atoms with Gasteiger partial charge >= 0.3 is 0 Å². The van der Waals surface area contributed by atoms with Crippen molar-refractivity contribution >= 4 is 0 Å². The number of hydrogen-bond donors (Lipinski definition) is 2. The largest absolute Gasteiger partial charge is 0.496 e. The van der Waals surface area contributed by atoms with E-state index >= 15 is 0 Å². The van der Waals surface area contributed by atoms with Crippen molar-refractivity contribution in [3.63, 3.8) is 0 Å².